The van der Waals surface area contributed by atoms with Crippen molar-refractivity contribution in [2.45, 2.75) is 32.2 Å². The minimum atomic E-state index is 0.152. The van der Waals surface area contributed by atoms with E-state index in [0.29, 0.717) is 18.2 Å². The van der Waals surface area contributed by atoms with Gasteiger partial charge in [0.05, 0.1) is 13.7 Å². The third kappa shape index (κ3) is 4.07. The van der Waals surface area contributed by atoms with Crippen LogP contribution in [0.3, 0.4) is 0 Å². The summed E-state index contributed by atoms with van der Waals surface area (Å²) < 4.78 is 5.16. The van der Waals surface area contributed by atoms with Crippen LogP contribution in [0.5, 0.6) is 11.5 Å². The third-order valence-electron chi connectivity index (χ3n) is 4.65. The number of phenols is 1. The lowest BCUT2D eigenvalue weighted by atomic mass is 9.96. The van der Waals surface area contributed by atoms with Crippen molar-refractivity contribution in [3.8, 4) is 11.5 Å². The zero-order chi connectivity index (χ0) is 18.4. The lowest BCUT2D eigenvalue weighted by molar-refractivity contribution is 0.298. The minimum absolute atomic E-state index is 0.152. The van der Waals surface area contributed by atoms with Crippen molar-refractivity contribution in [1.82, 2.24) is 25.4 Å². The number of hydrogen-bond donors (Lipinski definition) is 3. The molecule has 2 heterocycles. The number of ether oxygens (including phenoxy) is 1. The Morgan fingerprint density at radius 2 is 2.23 bits per heavy atom. The maximum atomic E-state index is 10.2. The molecule has 0 unspecified atom stereocenters. The van der Waals surface area contributed by atoms with Crippen LogP contribution in [0.4, 0.5) is 0 Å². The number of guanidine groups is 1. The number of likely N-dealkylation sites (tertiary alicyclic amines) is 1. The van der Waals surface area contributed by atoms with Gasteiger partial charge in [0.1, 0.15) is 12.2 Å². The second kappa shape index (κ2) is 8.55. The molecule has 0 bridgehead atoms. The Balaban J connectivity index is 1.66. The molecule has 0 aliphatic carbocycles. The molecule has 0 spiro atoms. The van der Waals surface area contributed by atoms with Gasteiger partial charge in [-0.1, -0.05) is 12.1 Å². The summed E-state index contributed by atoms with van der Waals surface area (Å²) in [7, 11) is 1.55. The summed E-state index contributed by atoms with van der Waals surface area (Å²) in [6.07, 6.45) is 3.57. The molecule has 0 amide bonds. The molecule has 1 saturated heterocycles. The molecule has 8 heteroatoms. The number of aromatic nitrogens is 3. The van der Waals surface area contributed by atoms with Crippen LogP contribution in [-0.2, 0) is 6.54 Å². The molecular weight excluding hydrogens is 332 g/mol. The summed E-state index contributed by atoms with van der Waals surface area (Å²) in [6.45, 7) is 5.06. The molecule has 1 aromatic carbocycles. The number of aromatic amines is 1. The molecule has 1 aromatic heterocycles. The second-order valence-electron chi connectivity index (χ2n) is 6.27. The van der Waals surface area contributed by atoms with Gasteiger partial charge in [-0.3, -0.25) is 5.10 Å². The van der Waals surface area contributed by atoms with E-state index in [0.717, 1.165) is 49.8 Å². The fourth-order valence-corrected chi connectivity index (χ4v) is 3.22. The summed E-state index contributed by atoms with van der Waals surface area (Å²) in [4.78, 5) is 11.2. The highest BCUT2D eigenvalue weighted by Crippen LogP contribution is 2.30. The topological polar surface area (TPSA) is 98.7 Å². The van der Waals surface area contributed by atoms with Gasteiger partial charge in [0.2, 0.25) is 0 Å². The van der Waals surface area contributed by atoms with Crippen LogP contribution in [0.1, 0.15) is 37.1 Å². The molecule has 3 N–H and O–H groups in total. The maximum absolute atomic E-state index is 10.2. The van der Waals surface area contributed by atoms with E-state index < -0.39 is 0 Å². The minimum Gasteiger partial charge on any atom is -0.504 e. The Morgan fingerprint density at radius 1 is 1.42 bits per heavy atom. The van der Waals surface area contributed by atoms with Gasteiger partial charge >= 0.3 is 0 Å². The monoisotopic (exact) mass is 358 g/mol. The highest BCUT2D eigenvalue weighted by molar-refractivity contribution is 5.80. The van der Waals surface area contributed by atoms with Gasteiger partial charge in [-0.25, -0.2) is 9.98 Å². The van der Waals surface area contributed by atoms with E-state index in [9.17, 15) is 5.11 Å². The smallest absolute Gasteiger partial charge is 0.194 e. The van der Waals surface area contributed by atoms with E-state index in [-0.39, 0.29) is 5.75 Å². The Labute approximate surface area is 153 Å². The van der Waals surface area contributed by atoms with Crippen LogP contribution in [0.15, 0.2) is 29.5 Å². The molecular formula is C18H26N6O2. The van der Waals surface area contributed by atoms with Crippen LogP contribution in [0.25, 0.3) is 0 Å². The number of piperidine rings is 1. The van der Waals surface area contributed by atoms with Crippen LogP contribution in [0.2, 0.25) is 0 Å². The first-order valence-electron chi connectivity index (χ1n) is 8.96. The van der Waals surface area contributed by atoms with E-state index in [4.69, 9.17) is 9.73 Å². The number of nitrogens with one attached hydrogen (secondary N) is 2. The van der Waals surface area contributed by atoms with Crippen LogP contribution in [0, 0.1) is 0 Å². The van der Waals surface area contributed by atoms with Gasteiger partial charge in [0.15, 0.2) is 17.5 Å². The number of nitrogens with zero attached hydrogens (tertiary/aromatic N) is 4. The average Bonchev–Trinajstić information content (AvgIpc) is 3.21. The largest absolute Gasteiger partial charge is 0.504 e. The highest BCUT2D eigenvalue weighted by atomic mass is 16.5. The summed E-state index contributed by atoms with van der Waals surface area (Å²) in [5, 5.41) is 20.5. The lowest BCUT2D eigenvalue weighted by Gasteiger charge is -2.33. The van der Waals surface area contributed by atoms with Gasteiger partial charge < -0.3 is 20.1 Å². The lowest BCUT2D eigenvalue weighted by Crippen LogP contribution is -2.45. The van der Waals surface area contributed by atoms with Crippen molar-refractivity contribution < 1.29 is 9.84 Å². The molecule has 1 aliphatic rings. The number of phenolic OH excluding ortho intramolecular Hbond substituents is 1. The highest BCUT2D eigenvalue weighted by Gasteiger charge is 2.24. The van der Waals surface area contributed by atoms with E-state index >= 15 is 0 Å². The zero-order valence-electron chi connectivity index (χ0n) is 15.3. The van der Waals surface area contributed by atoms with Crippen LogP contribution in [-0.4, -0.2) is 57.9 Å². The molecule has 1 fully saturated rings. The van der Waals surface area contributed by atoms with Gasteiger partial charge in [0, 0.05) is 31.1 Å². The van der Waals surface area contributed by atoms with Crippen LogP contribution >= 0.6 is 0 Å². The number of H-pyrrole nitrogens is 1. The first-order valence-corrected chi connectivity index (χ1v) is 8.96. The fourth-order valence-electron chi connectivity index (χ4n) is 3.22. The fraction of sp³-hybridized carbons (Fsp3) is 0.500. The van der Waals surface area contributed by atoms with E-state index in [2.05, 4.69) is 32.3 Å². The standard InChI is InChI=1S/C18H26N6O2/c1-3-19-18(20-11-14-5-4-6-15(26-2)16(14)25)24-9-7-13(8-10-24)17-21-12-22-23-17/h4-6,12-13,25H,3,7-11H2,1-2H3,(H,19,20)(H,21,22,23). The molecule has 140 valence electrons. The van der Waals surface area contributed by atoms with Crippen LogP contribution < -0.4 is 10.1 Å². The quantitative estimate of drug-likeness (QED) is 0.557. The molecule has 3 rings (SSSR count). The molecule has 0 atom stereocenters. The average molecular weight is 358 g/mol. The second-order valence-corrected chi connectivity index (χ2v) is 6.27. The predicted octanol–water partition coefficient (Wildman–Crippen LogP) is 1.86. The first-order chi connectivity index (χ1) is 12.7. The number of aromatic hydroxyl groups is 1. The Kier molecular flexibility index (Phi) is 5.93. The Morgan fingerprint density at radius 3 is 2.88 bits per heavy atom. The van der Waals surface area contributed by atoms with Gasteiger partial charge in [-0.15, -0.1) is 0 Å². The third-order valence-corrected chi connectivity index (χ3v) is 4.65. The molecule has 8 nitrogen and oxygen atoms in total. The normalized spacial score (nSPS) is 15.9. The van der Waals surface area contributed by atoms with E-state index in [1.807, 2.05) is 12.1 Å². The molecule has 0 saturated carbocycles. The Bertz CT molecular complexity index is 723. The number of rotatable bonds is 5. The number of aliphatic imine (C=N–C) groups is 1. The maximum Gasteiger partial charge on any atom is 0.194 e. The van der Waals surface area contributed by atoms with E-state index in [1.165, 1.54) is 0 Å². The zero-order valence-corrected chi connectivity index (χ0v) is 15.3. The van der Waals surface area contributed by atoms with Crippen molar-refractivity contribution in [2.75, 3.05) is 26.7 Å². The predicted molar refractivity (Wildman–Crippen MR) is 99.4 cm³/mol. The SMILES string of the molecule is CCNC(=NCc1cccc(OC)c1O)N1CCC(c2ncn[nH]2)CC1. The molecule has 0 radical (unpaired) electrons. The van der Waals surface area contributed by atoms with Crippen molar-refractivity contribution in [3.05, 3.63) is 35.9 Å². The molecule has 2 aromatic rings. The number of methoxy groups -OCH3 is 1. The van der Waals surface area contributed by atoms with Gasteiger partial charge in [-0.05, 0) is 25.8 Å². The summed E-state index contributed by atoms with van der Waals surface area (Å²) in [5.41, 5.74) is 0.747. The van der Waals surface area contributed by atoms with Crippen molar-refractivity contribution in [1.29, 1.82) is 0 Å². The van der Waals surface area contributed by atoms with Gasteiger partial charge in [-0.2, -0.15) is 5.10 Å². The summed E-state index contributed by atoms with van der Waals surface area (Å²) in [6, 6.07) is 5.46. The van der Waals surface area contributed by atoms with Gasteiger partial charge in [0.25, 0.3) is 0 Å². The number of hydrogen-bond acceptors (Lipinski definition) is 5. The first kappa shape index (κ1) is 18.0. The summed E-state index contributed by atoms with van der Waals surface area (Å²) in [5.74, 6) is 2.87. The van der Waals surface area contributed by atoms with Crippen molar-refractivity contribution in [2.24, 2.45) is 4.99 Å². The van der Waals surface area contributed by atoms with E-state index in [1.54, 1.807) is 19.5 Å². The van der Waals surface area contributed by atoms with Crippen molar-refractivity contribution >= 4 is 5.96 Å². The van der Waals surface area contributed by atoms with Crippen molar-refractivity contribution in [3.63, 3.8) is 0 Å². The number of benzene rings is 1. The Hall–Kier alpha value is -2.77. The number of para-hydroxylation sites is 1. The summed E-state index contributed by atoms with van der Waals surface area (Å²) >= 11 is 0. The molecule has 1 aliphatic heterocycles. The molecule has 26 heavy (non-hydrogen) atoms.